The SMILES string of the molecule is CN[C@](C)(COC)C(=O)O. The molecule has 0 aliphatic rings. The molecule has 0 bridgehead atoms. The van der Waals surface area contributed by atoms with Crippen LogP contribution in [0.2, 0.25) is 0 Å². The summed E-state index contributed by atoms with van der Waals surface area (Å²) in [5.74, 6) is -0.906. The first-order valence-corrected chi connectivity index (χ1v) is 2.98. The van der Waals surface area contributed by atoms with E-state index >= 15 is 0 Å². The van der Waals surface area contributed by atoms with E-state index in [4.69, 9.17) is 9.84 Å². The van der Waals surface area contributed by atoms with Gasteiger partial charge in [-0.25, -0.2) is 0 Å². The van der Waals surface area contributed by atoms with E-state index in [-0.39, 0.29) is 6.61 Å². The molecule has 2 N–H and O–H groups in total. The summed E-state index contributed by atoms with van der Waals surface area (Å²) in [7, 11) is 3.06. The van der Waals surface area contributed by atoms with Crippen LogP contribution in [0.3, 0.4) is 0 Å². The number of carbonyl (C=O) groups is 1. The van der Waals surface area contributed by atoms with E-state index in [0.29, 0.717) is 0 Å². The third-order valence-corrected chi connectivity index (χ3v) is 1.46. The van der Waals surface area contributed by atoms with Gasteiger partial charge < -0.3 is 15.2 Å². The fourth-order valence-electron chi connectivity index (χ4n) is 0.530. The fourth-order valence-corrected chi connectivity index (χ4v) is 0.530. The highest BCUT2D eigenvalue weighted by Gasteiger charge is 2.30. The van der Waals surface area contributed by atoms with Crippen molar-refractivity contribution in [2.24, 2.45) is 0 Å². The van der Waals surface area contributed by atoms with Crippen molar-refractivity contribution in [3.05, 3.63) is 0 Å². The Morgan fingerprint density at radius 1 is 1.80 bits per heavy atom. The number of carboxylic acids is 1. The summed E-state index contributed by atoms with van der Waals surface area (Å²) in [5.41, 5.74) is -0.964. The Labute approximate surface area is 60.2 Å². The molecule has 0 saturated carbocycles. The molecule has 0 aromatic rings. The van der Waals surface area contributed by atoms with Gasteiger partial charge in [-0.3, -0.25) is 4.79 Å². The molecule has 0 rings (SSSR count). The van der Waals surface area contributed by atoms with E-state index in [9.17, 15) is 4.79 Å². The van der Waals surface area contributed by atoms with Gasteiger partial charge in [0.2, 0.25) is 0 Å². The van der Waals surface area contributed by atoms with E-state index in [1.165, 1.54) is 7.11 Å². The Morgan fingerprint density at radius 3 is 2.40 bits per heavy atom. The number of carboxylic acid groups (broad SMARTS) is 1. The zero-order valence-corrected chi connectivity index (χ0v) is 6.47. The molecule has 4 nitrogen and oxygen atoms in total. The molecule has 0 spiro atoms. The summed E-state index contributed by atoms with van der Waals surface area (Å²) in [6, 6.07) is 0. The van der Waals surface area contributed by atoms with Gasteiger partial charge in [-0.15, -0.1) is 0 Å². The molecule has 0 aromatic carbocycles. The molecule has 0 aromatic heterocycles. The van der Waals surface area contributed by atoms with Crippen LogP contribution in [-0.4, -0.2) is 37.4 Å². The van der Waals surface area contributed by atoms with Crippen LogP contribution in [0, 0.1) is 0 Å². The minimum absolute atomic E-state index is 0.166. The van der Waals surface area contributed by atoms with Gasteiger partial charge in [-0.1, -0.05) is 0 Å². The van der Waals surface area contributed by atoms with Crippen molar-refractivity contribution < 1.29 is 14.6 Å². The van der Waals surface area contributed by atoms with Crippen LogP contribution in [0.4, 0.5) is 0 Å². The molecule has 0 unspecified atom stereocenters. The number of nitrogens with one attached hydrogen (secondary N) is 1. The van der Waals surface area contributed by atoms with E-state index in [0.717, 1.165) is 0 Å². The highest BCUT2D eigenvalue weighted by Crippen LogP contribution is 2.02. The summed E-state index contributed by atoms with van der Waals surface area (Å²) >= 11 is 0. The van der Waals surface area contributed by atoms with E-state index in [1.807, 2.05) is 0 Å². The maximum absolute atomic E-state index is 10.5. The second kappa shape index (κ2) is 3.53. The van der Waals surface area contributed by atoms with Crippen LogP contribution < -0.4 is 5.32 Å². The van der Waals surface area contributed by atoms with Crippen molar-refractivity contribution >= 4 is 5.97 Å². The zero-order chi connectivity index (χ0) is 8.20. The molecule has 0 heterocycles. The number of rotatable bonds is 4. The predicted molar refractivity (Wildman–Crippen MR) is 37.0 cm³/mol. The lowest BCUT2D eigenvalue weighted by Crippen LogP contribution is -2.51. The van der Waals surface area contributed by atoms with Crippen molar-refractivity contribution in [1.82, 2.24) is 5.32 Å². The van der Waals surface area contributed by atoms with Gasteiger partial charge >= 0.3 is 5.97 Å². The van der Waals surface area contributed by atoms with E-state index in [1.54, 1.807) is 14.0 Å². The predicted octanol–water partition coefficient (Wildman–Crippen LogP) is -0.305. The standard InChI is InChI=1S/C6H13NO3/c1-6(7-2,4-10-3)5(8)9/h7H,4H2,1-3H3,(H,8,9)/t6-/m1/s1. The number of ether oxygens (including phenoxy) is 1. The summed E-state index contributed by atoms with van der Waals surface area (Å²) in [4.78, 5) is 10.5. The Hall–Kier alpha value is -0.610. The maximum Gasteiger partial charge on any atom is 0.326 e. The smallest absolute Gasteiger partial charge is 0.326 e. The minimum Gasteiger partial charge on any atom is -0.480 e. The first-order valence-electron chi connectivity index (χ1n) is 2.98. The second-order valence-corrected chi connectivity index (χ2v) is 2.32. The molecule has 0 fully saturated rings. The van der Waals surface area contributed by atoms with Gasteiger partial charge in [-0.2, -0.15) is 0 Å². The zero-order valence-electron chi connectivity index (χ0n) is 6.47. The van der Waals surface area contributed by atoms with Crippen molar-refractivity contribution in [2.75, 3.05) is 20.8 Å². The van der Waals surface area contributed by atoms with Crippen LogP contribution in [0.1, 0.15) is 6.92 Å². The molecule has 60 valence electrons. The second-order valence-electron chi connectivity index (χ2n) is 2.32. The lowest BCUT2D eigenvalue weighted by atomic mass is 10.1. The highest BCUT2D eigenvalue weighted by atomic mass is 16.5. The van der Waals surface area contributed by atoms with Crippen molar-refractivity contribution in [1.29, 1.82) is 0 Å². The topological polar surface area (TPSA) is 58.6 Å². The molecule has 4 heteroatoms. The first-order chi connectivity index (χ1) is 4.56. The van der Waals surface area contributed by atoms with Gasteiger partial charge in [-0.05, 0) is 14.0 Å². The Balaban J connectivity index is 4.08. The summed E-state index contributed by atoms with van der Waals surface area (Å²) in [5, 5.41) is 11.3. The lowest BCUT2D eigenvalue weighted by molar-refractivity contribution is -0.146. The van der Waals surface area contributed by atoms with E-state index in [2.05, 4.69) is 5.32 Å². The van der Waals surface area contributed by atoms with Crippen molar-refractivity contribution in [2.45, 2.75) is 12.5 Å². The largest absolute Gasteiger partial charge is 0.480 e. The molecule has 0 aliphatic carbocycles. The van der Waals surface area contributed by atoms with Gasteiger partial charge in [0.25, 0.3) is 0 Å². The maximum atomic E-state index is 10.5. The molecule has 0 aliphatic heterocycles. The minimum atomic E-state index is -0.964. The molecular weight excluding hydrogens is 134 g/mol. The molecule has 0 radical (unpaired) electrons. The summed E-state index contributed by atoms with van der Waals surface area (Å²) < 4.78 is 4.72. The average Bonchev–Trinajstić information content (AvgIpc) is 1.88. The fraction of sp³-hybridized carbons (Fsp3) is 0.833. The van der Waals surface area contributed by atoms with Crippen LogP contribution in [-0.2, 0) is 9.53 Å². The molecular formula is C6H13NO3. The molecule has 1 atom stereocenters. The lowest BCUT2D eigenvalue weighted by Gasteiger charge is -2.22. The van der Waals surface area contributed by atoms with Gasteiger partial charge in [0.1, 0.15) is 5.54 Å². The molecule has 10 heavy (non-hydrogen) atoms. The van der Waals surface area contributed by atoms with E-state index < -0.39 is 11.5 Å². The normalized spacial score (nSPS) is 16.3. The quantitative estimate of drug-likeness (QED) is 0.573. The third-order valence-electron chi connectivity index (χ3n) is 1.46. The van der Waals surface area contributed by atoms with Crippen LogP contribution in [0.15, 0.2) is 0 Å². The summed E-state index contributed by atoms with van der Waals surface area (Å²) in [6.45, 7) is 1.73. The number of hydrogen-bond donors (Lipinski definition) is 2. The number of methoxy groups -OCH3 is 1. The van der Waals surface area contributed by atoms with Gasteiger partial charge in [0.15, 0.2) is 0 Å². The number of aliphatic carboxylic acids is 1. The molecule has 0 amide bonds. The highest BCUT2D eigenvalue weighted by molar-refractivity contribution is 5.78. The van der Waals surface area contributed by atoms with Crippen molar-refractivity contribution in [3.8, 4) is 0 Å². The third kappa shape index (κ3) is 1.97. The summed E-state index contributed by atoms with van der Waals surface area (Å²) in [6.07, 6.45) is 0. The molecule has 0 saturated heterocycles. The monoisotopic (exact) mass is 147 g/mol. The van der Waals surface area contributed by atoms with Crippen LogP contribution in [0.25, 0.3) is 0 Å². The Kier molecular flexibility index (Phi) is 3.32. The Bertz CT molecular complexity index is 126. The van der Waals surface area contributed by atoms with Gasteiger partial charge in [0, 0.05) is 7.11 Å². The van der Waals surface area contributed by atoms with Crippen LogP contribution in [0.5, 0.6) is 0 Å². The first kappa shape index (κ1) is 9.39. The number of hydrogen-bond acceptors (Lipinski definition) is 3. The van der Waals surface area contributed by atoms with Crippen LogP contribution >= 0.6 is 0 Å². The Morgan fingerprint density at radius 2 is 2.30 bits per heavy atom. The average molecular weight is 147 g/mol. The van der Waals surface area contributed by atoms with Gasteiger partial charge in [0.05, 0.1) is 6.61 Å². The van der Waals surface area contributed by atoms with Crippen molar-refractivity contribution in [3.63, 3.8) is 0 Å². The number of likely N-dealkylation sites (N-methyl/N-ethyl adjacent to an activating group) is 1.